The van der Waals surface area contributed by atoms with Crippen molar-refractivity contribution in [3.05, 3.63) is 0 Å². The van der Waals surface area contributed by atoms with Crippen molar-refractivity contribution in [2.45, 2.75) is 96.4 Å². The molecule has 20 heavy (non-hydrogen) atoms. The predicted molar refractivity (Wildman–Crippen MR) is 82.8 cm³/mol. The SMILES string of the molecule is CCCCCCC(CCCCC)[C@H]1C[C@@H](O)C(CO)O1. The van der Waals surface area contributed by atoms with E-state index in [1.54, 1.807) is 0 Å². The van der Waals surface area contributed by atoms with Gasteiger partial charge in [0, 0.05) is 6.42 Å². The van der Waals surface area contributed by atoms with Gasteiger partial charge in [-0.3, -0.25) is 0 Å². The molecule has 0 aromatic carbocycles. The van der Waals surface area contributed by atoms with Crippen LogP contribution in [0.15, 0.2) is 0 Å². The van der Waals surface area contributed by atoms with Crippen molar-refractivity contribution >= 4 is 0 Å². The molecule has 2 N–H and O–H groups in total. The highest BCUT2D eigenvalue weighted by Crippen LogP contribution is 2.32. The van der Waals surface area contributed by atoms with E-state index in [0.29, 0.717) is 12.3 Å². The lowest BCUT2D eigenvalue weighted by Crippen LogP contribution is -2.25. The van der Waals surface area contributed by atoms with Crippen LogP contribution in [0.1, 0.15) is 78.1 Å². The van der Waals surface area contributed by atoms with E-state index in [-0.39, 0.29) is 18.8 Å². The number of hydrogen-bond acceptors (Lipinski definition) is 3. The van der Waals surface area contributed by atoms with E-state index >= 15 is 0 Å². The third-order valence-corrected chi connectivity index (χ3v) is 4.57. The number of ether oxygens (including phenoxy) is 1. The fourth-order valence-corrected chi connectivity index (χ4v) is 3.23. The van der Waals surface area contributed by atoms with Crippen molar-refractivity contribution in [3.63, 3.8) is 0 Å². The summed E-state index contributed by atoms with van der Waals surface area (Å²) in [5.74, 6) is 0.560. The lowest BCUT2D eigenvalue weighted by Gasteiger charge is -2.23. The molecule has 0 saturated carbocycles. The molecule has 1 aliphatic rings. The molecule has 0 bridgehead atoms. The van der Waals surface area contributed by atoms with Crippen LogP contribution in [0, 0.1) is 5.92 Å². The molecule has 0 spiro atoms. The number of aliphatic hydroxyl groups excluding tert-OH is 2. The van der Waals surface area contributed by atoms with E-state index in [4.69, 9.17) is 4.74 Å². The summed E-state index contributed by atoms with van der Waals surface area (Å²) >= 11 is 0. The van der Waals surface area contributed by atoms with Crippen LogP contribution >= 0.6 is 0 Å². The van der Waals surface area contributed by atoms with Gasteiger partial charge in [-0.25, -0.2) is 0 Å². The smallest absolute Gasteiger partial charge is 0.107 e. The Hall–Kier alpha value is -0.120. The van der Waals surface area contributed by atoms with Gasteiger partial charge >= 0.3 is 0 Å². The lowest BCUT2D eigenvalue weighted by atomic mass is 9.88. The molecule has 0 radical (unpaired) electrons. The second kappa shape index (κ2) is 10.6. The molecule has 1 heterocycles. The van der Waals surface area contributed by atoms with Crippen LogP contribution in [0.3, 0.4) is 0 Å². The maximum absolute atomic E-state index is 9.90. The molecule has 1 aliphatic heterocycles. The van der Waals surface area contributed by atoms with E-state index in [1.165, 1.54) is 57.8 Å². The largest absolute Gasteiger partial charge is 0.394 e. The first-order chi connectivity index (χ1) is 9.72. The zero-order valence-corrected chi connectivity index (χ0v) is 13.4. The predicted octanol–water partition coefficient (Wildman–Crippen LogP) is 3.66. The van der Waals surface area contributed by atoms with Gasteiger partial charge in [0.15, 0.2) is 0 Å². The zero-order valence-electron chi connectivity index (χ0n) is 13.4. The van der Waals surface area contributed by atoms with Crippen LogP contribution in [-0.4, -0.2) is 35.1 Å². The topological polar surface area (TPSA) is 49.7 Å². The van der Waals surface area contributed by atoms with Crippen molar-refractivity contribution in [3.8, 4) is 0 Å². The molecule has 3 heteroatoms. The average Bonchev–Trinajstić information content (AvgIpc) is 2.82. The number of unbranched alkanes of at least 4 members (excludes halogenated alkanes) is 5. The fourth-order valence-electron chi connectivity index (χ4n) is 3.23. The van der Waals surface area contributed by atoms with Gasteiger partial charge in [0.05, 0.1) is 18.8 Å². The summed E-state index contributed by atoms with van der Waals surface area (Å²) in [5.41, 5.74) is 0. The Kier molecular flexibility index (Phi) is 9.49. The molecule has 1 saturated heterocycles. The van der Waals surface area contributed by atoms with Gasteiger partial charge in [0.2, 0.25) is 0 Å². The lowest BCUT2D eigenvalue weighted by molar-refractivity contribution is -0.0408. The molecule has 3 nitrogen and oxygen atoms in total. The molecule has 0 aromatic heterocycles. The molecule has 2 unspecified atom stereocenters. The Balaban J connectivity index is 2.40. The third kappa shape index (κ3) is 6.11. The first-order valence-electron chi connectivity index (χ1n) is 8.67. The monoisotopic (exact) mass is 286 g/mol. The van der Waals surface area contributed by atoms with Gasteiger partial charge in [-0.2, -0.15) is 0 Å². The highest BCUT2D eigenvalue weighted by atomic mass is 16.5. The van der Waals surface area contributed by atoms with Gasteiger partial charge in [0.1, 0.15) is 6.10 Å². The summed E-state index contributed by atoms with van der Waals surface area (Å²) in [6.45, 7) is 4.41. The van der Waals surface area contributed by atoms with Crippen molar-refractivity contribution in [1.29, 1.82) is 0 Å². The second-order valence-electron chi connectivity index (χ2n) is 6.30. The Bertz CT molecular complexity index is 232. The average molecular weight is 286 g/mol. The molecular weight excluding hydrogens is 252 g/mol. The Morgan fingerprint density at radius 2 is 1.60 bits per heavy atom. The van der Waals surface area contributed by atoms with Crippen molar-refractivity contribution in [2.24, 2.45) is 5.92 Å². The second-order valence-corrected chi connectivity index (χ2v) is 6.30. The van der Waals surface area contributed by atoms with E-state index in [0.717, 1.165) is 0 Å². The van der Waals surface area contributed by atoms with E-state index < -0.39 is 6.10 Å². The standard InChI is InChI=1S/C17H34O3/c1-3-5-7-9-11-14(10-8-6-4-2)16-12-15(19)17(13-18)20-16/h14-19H,3-13H2,1-2H3/t14?,15-,16-,17?/m1/s1. The van der Waals surface area contributed by atoms with Gasteiger partial charge in [-0.15, -0.1) is 0 Å². The van der Waals surface area contributed by atoms with E-state index in [1.807, 2.05) is 0 Å². The summed E-state index contributed by atoms with van der Waals surface area (Å²) in [5, 5.41) is 19.1. The number of aliphatic hydroxyl groups is 2. The van der Waals surface area contributed by atoms with Crippen LogP contribution in [0.25, 0.3) is 0 Å². The van der Waals surface area contributed by atoms with Crippen LogP contribution in [-0.2, 0) is 4.74 Å². The summed E-state index contributed by atoms with van der Waals surface area (Å²) in [6.07, 6.45) is 11.4. The number of rotatable bonds is 11. The minimum absolute atomic E-state index is 0.0603. The maximum atomic E-state index is 9.90. The summed E-state index contributed by atoms with van der Waals surface area (Å²) in [4.78, 5) is 0. The van der Waals surface area contributed by atoms with Crippen LogP contribution < -0.4 is 0 Å². The summed E-state index contributed by atoms with van der Waals surface area (Å²) in [7, 11) is 0. The highest BCUT2D eigenvalue weighted by molar-refractivity contribution is 4.85. The molecule has 1 fully saturated rings. The summed E-state index contributed by atoms with van der Waals surface area (Å²) < 4.78 is 5.87. The van der Waals surface area contributed by atoms with Gasteiger partial charge in [-0.05, 0) is 18.8 Å². The minimum atomic E-state index is -0.477. The van der Waals surface area contributed by atoms with Crippen LogP contribution in [0.4, 0.5) is 0 Å². The minimum Gasteiger partial charge on any atom is -0.394 e. The molecular formula is C17H34O3. The normalized spacial score (nSPS) is 27.9. The highest BCUT2D eigenvalue weighted by Gasteiger charge is 2.37. The molecule has 0 amide bonds. The van der Waals surface area contributed by atoms with E-state index in [2.05, 4.69) is 13.8 Å². The quantitative estimate of drug-likeness (QED) is 0.570. The van der Waals surface area contributed by atoms with Gasteiger partial charge in [-0.1, -0.05) is 58.8 Å². The van der Waals surface area contributed by atoms with Gasteiger partial charge < -0.3 is 14.9 Å². The Morgan fingerprint density at radius 1 is 1.00 bits per heavy atom. The van der Waals surface area contributed by atoms with Crippen molar-refractivity contribution in [1.82, 2.24) is 0 Å². The fraction of sp³-hybridized carbons (Fsp3) is 1.00. The molecule has 1 rings (SSSR count). The molecule has 120 valence electrons. The third-order valence-electron chi connectivity index (χ3n) is 4.57. The van der Waals surface area contributed by atoms with Crippen molar-refractivity contribution in [2.75, 3.05) is 6.61 Å². The molecule has 4 atom stereocenters. The van der Waals surface area contributed by atoms with Crippen molar-refractivity contribution < 1.29 is 14.9 Å². The first-order valence-corrected chi connectivity index (χ1v) is 8.67. The zero-order chi connectivity index (χ0) is 14.8. The summed E-state index contributed by atoms with van der Waals surface area (Å²) in [6, 6.07) is 0. The first kappa shape index (κ1) is 17.9. The Morgan fingerprint density at radius 3 is 2.15 bits per heavy atom. The van der Waals surface area contributed by atoms with E-state index in [9.17, 15) is 10.2 Å². The van der Waals surface area contributed by atoms with Crippen LogP contribution in [0.5, 0.6) is 0 Å². The maximum Gasteiger partial charge on any atom is 0.107 e. The van der Waals surface area contributed by atoms with Crippen LogP contribution in [0.2, 0.25) is 0 Å². The van der Waals surface area contributed by atoms with Gasteiger partial charge in [0.25, 0.3) is 0 Å². The molecule has 0 aromatic rings. The number of hydrogen-bond donors (Lipinski definition) is 2. The molecule has 0 aliphatic carbocycles. The Labute approximate surface area is 124 Å².